The van der Waals surface area contributed by atoms with Gasteiger partial charge in [0.2, 0.25) is 0 Å². The van der Waals surface area contributed by atoms with Crippen LogP contribution < -0.4 is 0 Å². The van der Waals surface area contributed by atoms with E-state index in [9.17, 15) is 8.78 Å². The van der Waals surface area contributed by atoms with E-state index in [4.69, 9.17) is 0 Å². The second kappa shape index (κ2) is 4.21. The van der Waals surface area contributed by atoms with Crippen LogP contribution in [0.25, 0.3) is 5.57 Å². The third kappa shape index (κ3) is 2.01. The van der Waals surface area contributed by atoms with Gasteiger partial charge in [-0.05, 0) is 36.6 Å². The van der Waals surface area contributed by atoms with E-state index in [1.54, 1.807) is 13.8 Å². The summed E-state index contributed by atoms with van der Waals surface area (Å²) in [7, 11) is 0. The summed E-state index contributed by atoms with van der Waals surface area (Å²) in [5, 5.41) is 0. The minimum atomic E-state index is -2.66. The van der Waals surface area contributed by atoms with Crippen molar-refractivity contribution in [2.24, 2.45) is 0 Å². The van der Waals surface area contributed by atoms with Crippen LogP contribution in [0.3, 0.4) is 0 Å². The van der Waals surface area contributed by atoms with Crippen molar-refractivity contribution in [3.05, 3.63) is 35.4 Å². The summed E-state index contributed by atoms with van der Waals surface area (Å²) in [6, 6.07) is 7.77. The molecule has 1 heterocycles. The van der Waals surface area contributed by atoms with E-state index in [0.29, 0.717) is 11.3 Å². The van der Waals surface area contributed by atoms with Crippen molar-refractivity contribution in [2.75, 3.05) is 5.75 Å². The average Bonchev–Trinajstić information content (AvgIpc) is 2.26. The zero-order chi connectivity index (χ0) is 11.8. The maximum Gasteiger partial charge on any atom is 0.270 e. The van der Waals surface area contributed by atoms with Crippen LogP contribution in [0, 0.1) is 0 Å². The van der Waals surface area contributed by atoms with Crippen LogP contribution in [0.1, 0.15) is 25.8 Å². The highest BCUT2D eigenvalue weighted by Crippen LogP contribution is 2.40. The first-order valence-electron chi connectivity index (χ1n) is 5.30. The second-order valence-corrected chi connectivity index (χ2v) is 5.19. The van der Waals surface area contributed by atoms with Crippen molar-refractivity contribution in [1.82, 2.24) is 0 Å². The summed E-state index contributed by atoms with van der Waals surface area (Å²) < 4.78 is 27.4. The number of halogens is 2. The number of alkyl halides is 2. The molecule has 3 heteroatoms. The van der Waals surface area contributed by atoms with Crippen LogP contribution in [0.2, 0.25) is 0 Å². The molecule has 1 aromatic carbocycles. The standard InChI is InChI=1S/C13H14F2S/c1-9-10(2)13(14,15)7-8-16-12-6-4-3-5-11(9)12/h3-6H,7-8H2,1-2H3/b10-9-. The van der Waals surface area contributed by atoms with Gasteiger partial charge in [0, 0.05) is 17.1 Å². The van der Waals surface area contributed by atoms with E-state index in [1.165, 1.54) is 11.8 Å². The van der Waals surface area contributed by atoms with Crippen LogP contribution >= 0.6 is 11.8 Å². The maximum atomic E-state index is 13.7. The van der Waals surface area contributed by atoms with Gasteiger partial charge >= 0.3 is 0 Å². The van der Waals surface area contributed by atoms with Gasteiger partial charge in [-0.1, -0.05) is 18.2 Å². The van der Waals surface area contributed by atoms with Crippen molar-refractivity contribution in [3.63, 3.8) is 0 Å². The number of hydrogen-bond donors (Lipinski definition) is 0. The van der Waals surface area contributed by atoms with E-state index in [-0.39, 0.29) is 12.0 Å². The quantitative estimate of drug-likeness (QED) is 0.638. The lowest BCUT2D eigenvalue weighted by Crippen LogP contribution is -2.21. The molecule has 0 saturated carbocycles. The Morgan fingerprint density at radius 3 is 2.62 bits per heavy atom. The molecule has 0 saturated heterocycles. The van der Waals surface area contributed by atoms with E-state index in [1.807, 2.05) is 24.3 Å². The number of hydrogen-bond acceptors (Lipinski definition) is 1. The first kappa shape index (κ1) is 11.6. The summed E-state index contributed by atoms with van der Waals surface area (Å²) in [6.45, 7) is 3.33. The molecular formula is C13H14F2S. The Morgan fingerprint density at radius 1 is 1.19 bits per heavy atom. The molecule has 2 rings (SSSR count). The van der Waals surface area contributed by atoms with E-state index in [0.717, 1.165) is 10.5 Å². The third-order valence-corrected chi connectivity index (χ3v) is 4.15. The number of allylic oxidation sites excluding steroid dienone is 2. The molecule has 0 N–H and O–H groups in total. The highest BCUT2D eigenvalue weighted by molar-refractivity contribution is 7.99. The molecule has 0 aliphatic carbocycles. The number of benzene rings is 1. The number of fused-ring (bicyclic) bond motifs is 1. The van der Waals surface area contributed by atoms with Gasteiger partial charge in [-0.2, -0.15) is 0 Å². The predicted molar refractivity (Wildman–Crippen MR) is 65.0 cm³/mol. The molecule has 0 bridgehead atoms. The van der Waals surface area contributed by atoms with Crippen LogP contribution in [0.5, 0.6) is 0 Å². The zero-order valence-corrected chi connectivity index (χ0v) is 10.2. The highest BCUT2D eigenvalue weighted by Gasteiger charge is 2.33. The molecule has 0 spiro atoms. The van der Waals surface area contributed by atoms with Gasteiger partial charge in [-0.3, -0.25) is 0 Å². The molecular weight excluding hydrogens is 226 g/mol. The molecule has 0 unspecified atom stereocenters. The normalized spacial score (nSPS) is 24.5. The minimum Gasteiger partial charge on any atom is -0.202 e. The number of rotatable bonds is 0. The SMILES string of the molecule is C/C1=C(\C)C(F)(F)CCSc2ccccc21. The monoisotopic (exact) mass is 240 g/mol. The van der Waals surface area contributed by atoms with Crippen molar-refractivity contribution in [1.29, 1.82) is 0 Å². The summed E-state index contributed by atoms with van der Waals surface area (Å²) in [4.78, 5) is 1.11. The number of thioether (sulfide) groups is 1. The molecule has 1 aromatic rings. The molecule has 0 atom stereocenters. The Labute approximate surface area is 98.7 Å². The van der Waals surface area contributed by atoms with Crippen LogP contribution in [-0.4, -0.2) is 11.7 Å². The van der Waals surface area contributed by atoms with Gasteiger partial charge in [0.1, 0.15) is 0 Å². The molecule has 16 heavy (non-hydrogen) atoms. The molecule has 1 aliphatic rings. The Hall–Kier alpha value is -0.830. The van der Waals surface area contributed by atoms with Gasteiger partial charge in [-0.25, -0.2) is 8.78 Å². The Bertz CT molecular complexity index is 435. The van der Waals surface area contributed by atoms with Gasteiger partial charge in [-0.15, -0.1) is 11.8 Å². The Kier molecular flexibility index (Phi) is 3.06. The van der Waals surface area contributed by atoms with Crippen molar-refractivity contribution in [3.8, 4) is 0 Å². The molecule has 0 amide bonds. The van der Waals surface area contributed by atoms with Crippen molar-refractivity contribution < 1.29 is 8.78 Å². The second-order valence-electron chi connectivity index (χ2n) is 4.05. The first-order valence-corrected chi connectivity index (χ1v) is 6.29. The molecule has 0 aromatic heterocycles. The molecule has 1 aliphatic heterocycles. The fraction of sp³-hybridized carbons (Fsp3) is 0.385. The summed E-state index contributed by atoms with van der Waals surface area (Å²) >= 11 is 1.52. The topological polar surface area (TPSA) is 0 Å². The summed E-state index contributed by atoms with van der Waals surface area (Å²) in [6.07, 6.45) is -0.0742. The van der Waals surface area contributed by atoms with Gasteiger partial charge in [0.15, 0.2) is 0 Å². The summed E-state index contributed by atoms with van der Waals surface area (Å²) in [5.41, 5.74) is 1.87. The van der Waals surface area contributed by atoms with Crippen LogP contribution in [0.4, 0.5) is 8.78 Å². The Balaban J connectivity index is 2.59. The average molecular weight is 240 g/mol. The largest absolute Gasteiger partial charge is 0.270 e. The maximum absolute atomic E-state index is 13.7. The van der Waals surface area contributed by atoms with Crippen LogP contribution in [0.15, 0.2) is 34.7 Å². The van der Waals surface area contributed by atoms with E-state index in [2.05, 4.69) is 0 Å². The van der Waals surface area contributed by atoms with Crippen molar-refractivity contribution >= 4 is 17.3 Å². The minimum absolute atomic E-state index is 0.0742. The smallest absolute Gasteiger partial charge is 0.202 e. The predicted octanol–water partition coefficient (Wildman–Crippen LogP) is 4.61. The Morgan fingerprint density at radius 2 is 1.88 bits per heavy atom. The first-order chi connectivity index (χ1) is 7.52. The molecule has 0 fully saturated rings. The lowest BCUT2D eigenvalue weighted by atomic mass is 9.97. The summed E-state index contributed by atoms with van der Waals surface area (Å²) in [5.74, 6) is -2.20. The van der Waals surface area contributed by atoms with Gasteiger partial charge in [0.25, 0.3) is 5.92 Å². The lowest BCUT2D eigenvalue weighted by molar-refractivity contribution is 0.0395. The van der Waals surface area contributed by atoms with Gasteiger partial charge < -0.3 is 0 Å². The van der Waals surface area contributed by atoms with Crippen LogP contribution in [-0.2, 0) is 0 Å². The third-order valence-electron chi connectivity index (χ3n) is 3.08. The van der Waals surface area contributed by atoms with E-state index < -0.39 is 5.92 Å². The lowest BCUT2D eigenvalue weighted by Gasteiger charge is -2.23. The molecule has 0 nitrogen and oxygen atoms in total. The highest BCUT2D eigenvalue weighted by atomic mass is 32.2. The van der Waals surface area contributed by atoms with Gasteiger partial charge in [0.05, 0.1) is 0 Å². The van der Waals surface area contributed by atoms with Crippen molar-refractivity contribution in [2.45, 2.75) is 31.1 Å². The fourth-order valence-electron chi connectivity index (χ4n) is 1.86. The molecule has 86 valence electrons. The molecule has 0 radical (unpaired) electrons. The fourth-order valence-corrected chi connectivity index (χ4v) is 2.99. The van der Waals surface area contributed by atoms with E-state index >= 15 is 0 Å². The zero-order valence-electron chi connectivity index (χ0n) is 9.39.